The summed E-state index contributed by atoms with van der Waals surface area (Å²) in [6.45, 7) is 14.1. The predicted molar refractivity (Wildman–Crippen MR) is 132 cm³/mol. The lowest BCUT2D eigenvalue weighted by atomic mass is 9.38. The van der Waals surface area contributed by atoms with Crippen LogP contribution in [0.4, 0.5) is 0 Å². The largest absolute Gasteiger partial charge is 0.461 e. The average molecular weight is 469 g/mol. The van der Waals surface area contributed by atoms with Gasteiger partial charge in [0, 0.05) is 17.8 Å². The van der Waals surface area contributed by atoms with Gasteiger partial charge in [-0.15, -0.1) is 0 Å². The van der Waals surface area contributed by atoms with Gasteiger partial charge in [0.15, 0.2) is 0 Å². The molecule has 9 unspecified atom stereocenters. The number of hydrogen-bond donors (Lipinski definition) is 2. The molecule has 0 aromatic heterocycles. The number of aliphatic hydroxyl groups is 2. The predicted octanol–water partition coefficient (Wildman–Crippen LogP) is 5.58. The third kappa shape index (κ3) is 2.55. The Balaban J connectivity index is 1.46. The summed E-state index contributed by atoms with van der Waals surface area (Å²) in [5, 5.41) is 21.2. The zero-order valence-electron chi connectivity index (χ0n) is 22.0. The number of carbonyl (C=O) groups is 1. The molecule has 0 aromatic rings. The van der Waals surface area contributed by atoms with E-state index in [1.54, 1.807) is 5.57 Å². The molecule has 1 aliphatic heterocycles. The van der Waals surface area contributed by atoms with Crippen LogP contribution in [-0.4, -0.2) is 35.0 Å². The maximum atomic E-state index is 13.4. The van der Waals surface area contributed by atoms with Crippen LogP contribution in [0.15, 0.2) is 22.8 Å². The van der Waals surface area contributed by atoms with Crippen LogP contribution in [0.1, 0.15) is 92.9 Å². The number of fused-ring (bicyclic) bond motifs is 7. The van der Waals surface area contributed by atoms with Gasteiger partial charge in [0.05, 0.1) is 18.1 Å². The van der Waals surface area contributed by atoms with Crippen LogP contribution in [0.25, 0.3) is 0 Å². The number of allylic oxidation sites excluding steroid dienone is 4. The molecule has 2 bridgehead atoms. The lowest BCUT2D eigenvalue weighted by Crippen LogP contribution is -2.60. The van der Waals surface area contributed by atoms with E-state index < -0.39 is 5.41 Å². The van der Waals surface area contributed by atoms with Gasteiger partial charge in [-0.2, -0.15) is 0 Å². The topological polar surface area (TPSA) is 66.8 Å². The number of rotatable bonds is 1. The molecule has 6 rings (SSSR count). The van der Waals surface area contributed by atoms with Gasteiger partial charge in [0.25, 0.3) is 0 Å². The highest BCUT2D eigenvalue weighted by molar-refractivity contribution is 5.82. The molecule has 0 amide bonds. The molecular weight excluding hydrogens is 424 g/mol. The molecule has 0 radical (unpaired) electrons. The highest BCUT2D eigenvalue weighted by atomic mass is 16.6. The first-order valence-corrected chi connectivity index (χ1v) is 13.7. The van der Waals surface area contributed by atoms with E-state index in [9.17, 15) is 15.0 Å². The molecule has 4 fully saturated rings. The molecule has 1 heterocycles. The van der Waals surface area contributed by atoms with Crippen LogP contribution < -0.4 is 0 Å². The van der Waals surface area contributed by atoms with E-state index in [2.05, 4.69) is 47.6 Å². The Morgan fingerprint density at radius 3 is 2.50 bits per heavy atom. The second-order valence-corrected chi connectivity index (χ2v) is 14.5. The number of esters is 1. The van der Waals surface area contributed by atoms with E-state index in [-0.39, 0.29) is 52.4 Å². The highest BCUT2D eigenvalue weighted by Crippen LogP contribution is 2.72. The normalized spacial score (nSPS) is 53.2. The Hall–Kier alpha value is -1.13. The molecular formula is C30H44O4. The van der Waals surface area contributed by atoms with Gasteiger partial charge < -0.3 is 14.9 Å². The van der Waals surface area contributed by atoms with Crippen molar-refractivity contribution in [3.05, 3.63) is 22.8 Å². The summed E-state index contributed by atoms with van der Waals surface area (Å²) in [5.41, 5.74) is 3.84. The van der Waals surface area contributed by atoms with Gasteiger partial charge >= 0.3 is 5.97 Å². The van der Waals surface area contributed by atoms with Crippen LogP contribution >= 0.6 is 0 Å². The molecule has 3 saturated carbocycles. The summed E-state index contributed by atoms with van der Waals surface area (Å²) in [4.78, 5) is 13.4. The highest BCUT2D eigenvalue weighted by Gasteiger charge is 2.68. The van der Waals surface area contributed by atoms with E-state index in [1.807, 2.05) is 0 Å². The van der Waals surface area contributed by atoms with Gasteiger partial charge in [0.1, 0.15) is 6.10 Å². The molecule has 1 saturated heterocycles. The van der Waals surface area contributed by atoms with Gasteiger partial charge in [-0.3, -0.25) is 4.79 Å². The SMILES string of the molecule is CC1=C2C(=CCC3C2(C)CCC2C(C)(C)C(O)CCC32C)C2CC(C)(CO)C3CC2(C1)C(=O)O3. The summed E-state index contributed by atoms with van der Waals surface area (Å²) in [6.07, 6.45) is 9.91. The molecule has 6 aliphatic rings. The van der Waals surface area contributed by atoms with E-state index in [0.717, 1.165) is 51.4 Å². The molecule has 0 aromatic carbocycles. The Morgan fingerprint density at radius 1 is 1.06 bits per heavy atom. The van der Waals surface area contributed by atoms with Crippen LogP contribution in [0.5, 0.6) is 0 Å². The summed E-state index contributed by atoms with van der Waals surface area (Å²) in [7, 11) is 0. The van der Waals surface area contributed by atoms with Crippen molar-refractivity contribution in [3.63, 3.8) is 0 Å². The maximum absolute atomic E-state index is 13.4. The van der Waals surface area contributed by atoms with Gasteiger partial charge in [-0.1, -0.05) is 46.3 Å². The summed E-state index contributed by atoms with van der Waals surface area (Å²) >= 11 is 0. The molecule has 5 aliphatic carbocycles. The van der Waals surface area contributed by atoms with Crippen LogP contribution in [-0.2, 0) is 9.53 Å². The maximum Gasteiger partial charge on any atom is 0.313 e. The smallest absolute Gasteiger partial charge is 0.313 e. The van der Waals surface area contributed by atoms with Crippen molar-refractivity contribution in [2.75, 3.05) is 6.61 Å². The van der Waals surface area contributed by atoms with E-state index >= 15 is 0 Å². The monoisotopic (exact) mass is 468 g/mol. The standard InChI is InChI=1S/C30H44O4/c1-17-13-30-15-23(34-25(30)33)27(4,16-31)14-19(30)18-7-8-21-28(5)12-10-22(32)26(2,3)20(28)9-11-29(21,6)24(17)18/h7,19-23,31-32H,8-16H2,1-6H3. The fourth-order valence-electron chi connectivity index (χ4n) is 10.7. The lowest BCUT2D eigenvalue weighted by Gasteiger charge is -2.66. The molecule has 4 nitrogen and oxygen atoms in total. The van der Waals surface area contributed by atoms with Gasteiger partial charge in [-0.05, 0) is 91.1 Å². The second-order valence-electron chi connectivity index (χ2n) is 14.5. The Kier molecular flexibility index (Phi) is 4.65. The van der Waals surface area contributed by atoms with Crippen molar-refractivity contribution >= 4 is 5.97 Å². The van der Waals surface area contributed by atoms with Crippen LogP contribution in [0.3, 0.4) is 0 Å². The molecule has 9 atom stereocenters. The summed E-state index contributed by atoms with van der Waals surface area (Å²) in [5.74, 6) is 1.22. The Morgan fingerprint density at radius 2 is 1.79 bits per heavy atom. The minimum atomic E-state index is -0.431. The zero-order chi connectivity index (χ0) is 24.5. The number of ether oxygens (including phenoxy) is 1. The lowest BCUT2D eigenvalue weighted by molar-refractivity contribution is -0.164. The van der Waals surface area contributed by atoms with E-state index in [4.69, 9.17) is 4.74 Å². The van der Waals surface area contributed by atoms with Crippen LogP contribution in [0, 0.1) is 44.8 Å². The number of carbonyl (C=O) groups excluding carboxylic acids is 1. The first kappa shape index (κ1) is 23.3. The average Bonchev–Trinajstić information content (AvgIpc) is 3.05. The quantitative estimate of drug-likeness (QED) is 0.493. The van der Waals surface area contributed by atoms with Gasteiger partial charge in [0.2, 0.25) is 0 Å². The van der Waals surface area contributed by atoms with E-state index in [0.29, 0.717) is 11.8 Å². The summed E-state index contributed by atoms with van der Waals surface area (Å²) < 4.78 is 5.96. The molecule has 2 N–H and O–H groups in total. The van der Waals surface area contributed by atoms with Crippen molar-refractivity contribution in [1.29, 1.82) is 0 Å². The first-order chi connectivity index (χ1) is 15.8. The number of aliphatic hydroxyl groups excluding tert-OH is 2. The van der Waals surface area contributed by atoms with E-state index in [1.165, 1.54) is 11.1 Å². The third-order valence-corrected chi connectivity index (χ3v) is 12.5. The van der Waals surface area contributed by atoms with Crippen molar-refractivity contribution in [1.82, 2.24) is 0 Å². The van der Waals surface area contributed by atoms with Crippen LogP contribution in [0.2, 0.25) is 0 Å². The number of hydrogen-bond acceptors (Lipinski definition) is 4. The summed E-state index contributed by atoms with van der Waals surface area (Å²) in [6, 6.07) is 0. The van der Waals surface area contributed by atoms with Crippen molar-refractivity contribution in [3.8, 4) is 0 Å². The Labute approximate surface area is 205 Å². The second kappa shape index (κ2) is 6.79. The minimum absolute atomic E-state index is 0.0232. The molecule has 1 spiro atoms. The fourth-order valence-corrected chi connectivity index (χ4v) is 10.7. The molecule has 4 heteroatoms. The molecule has 188 valence electrons. The first-order valence-electron chi connectivity index (χ1n) is 13.7. The third-order valence-electron chi connectivity index (χ3n) is 12.5. The van der Waals surface area contributed by atoms with Crippen molar-refractivity contribution in [2.24, 2.45) is 44.8 Å². The minimum Gasteiger partial charge on any atom is -0.461 e. The zero-order valence-corrected chi connectivity index (χ0v) is 22.0. The Bertz CT molecular complexity index is 1010. The van der Waals surface area contributed by atoms with Gasteiger partial charge in [-0.25, -0.2) is 0 Å². The molecule has 34 heavy (non-hydrogen) atoms. The van der Waals surface area contributed by atoms with Crippen molar-refractivity contribution < 1.29 is 19.7 Å². The van der Waals surface area contributed by atoms with Crippen molar-refractivity contribution in [2.45, 2.75) is 105 Å². The fraction of sp³-hybridized carbons (Fsp3) is 0.833.